The number of rotatable bonds is 8. The molecule has 47 heavy (non-hydrogen) atoms. The maximum atomic E-state index is 11.9. The number of methoxy groups -OCH3 is 2. The van der Waals surface area contributed by atoms with Crippen molar-refractivity contribution in [2.45, 2.75) is 6.54 Å². The molecule has 250 valence electrons. The zero-order valence-corrected chi connectivity index (χ0v) is 26.4. The Balaban J connectivity index is 0.000000670. The third kappa shape index (κ3) is 15.6. The van der Waals surface area contributed by atoms with Crippen molar-refractivity contribution in [1.82, 2.24) is 4.90 Å². The van der Waals surface area contributed by atoms with Gasteiger partial charge in [-0.05, 0) is 36.4 Å². The lowest BCUT2D eigenvalue weighted by atomic mass is 10.2. The minimum Gasteiger partial charge on any atom is -0.468 e. The maximum Gasteiger partial charge on any atom is 0.372 e. The molecule has 0 atom stereocenters. The van der Waals surface area contributed by atoms with Crippen LogP contribution < -0.4 is 46.4 Å². The van der Waals surface area contributed by atoms with Crippen LogP contribution >= 0.6 is 0 Å². The Labute approximate surface area is 273 Å². The number of hydrogen-bond acceptors (Lipinski definition) is 13. The molecule has 0 saturated heterocycles. The van der Waals surface area contributed by atoms with Crippen LogP contribution in [0.5, 0.6) is 0 Å². The molecule has 2 aromatic heterocycles. The van der Waals surface area contributed by atoms with E-state index in [2.05, 4.69) is 22.8 Å². The van der Waals surface area contributed by atoms with Gasteiger partial charge >= 0.3 is 11.9 Å². The van der Waals surface area contributed by atoms with E-state index in [1.54, 1.807) is 0 Å². The molecule has 0 amide bonds. The number of para-hydroxylation sites is 1. The number of pyridine rings is 2. The Morgan fingerprint density at radius 3 is 2.09 bits per heavy atom. The molecular weight excluding hydrogens is 665 g/mol. The number of halogens is 2. The van der Waals surface area contributed by atoms with Gasteiger partial charge in [0.15, 0.2) is 12.4 Å². The molecule has 0 spiro atoms. The molecule has 0 unspecified atom stereocenters. The van der Waals surface area contributed by atoms with Crippen LogP contribution in [0, 0.1) is 20.5 Å². The van der Waals surface area contributed by atoms with E-state index in [0.717, 1.165) is 28.0 Å². The number of esters is 2. The summed E-state index contributed by atoms with van der Waals surface area (Å²) in [6.45, 7) is 0.224. The van der Waals surface area contributed by atoms with Crippen molar-refractivity contribution in [3.8, 4) is 0 Å². The first-order valence-electron chi connectivity index (χ1n) is 13.1. The highest BCUT2D eigenvalue weighted by molar-refractivity contribution is 5.77. The molecule has 15 nitrogen and oxygen atoms in total. The second kappa shape index (κ2) is 18.6. The largest absolute Gasteiger partial charge is 0.468 e. The van der Waals surface area contributed by atoms with Crippen molar-refractivity contribution in [2.75, 3.05) is 20.8 Å². The lowest BCUT2D eigenvalue weighted by molar-refractivity contribution is -2.00. The average Bonchev–Trinajstić information content (AvgIpc) is 3.00. The van der Waals surface area contributed by atoms with Crippen molar-refractivity contribution >= 4 is 34.6 Å². The maximum absolute atomic E-state index is 11.9. The van der Waals surface area contributed by atoms with Crippen molar-refractivity contribution < 1.29 is 86.0 Å². The van der Waals surface area contributed by atoms with E-state index in [9.17, 15) is 9.59 Å². The van der Waals surface area contributed by atoms with Crippen LogP contribution in [0.2, 0.25) is 0 Å². The Morgan fingerprint density at radius 1 is 0.809 bits per heavy atom. The fraction of sp³-hybridized carbons (Fsp3) is 0.133. The van der Waals surface area contributed by atoms with Gasteiger partial charge < -0.3 is 14.4 Å². The van der Waals surface area contributed by atoms with E-state index in [1.807, 2.05) is 107 Å². The van der Waals surface area contributed by atoms with Gasteiger partial charge in [-0.2, -0.15) is 9.13 Å². The summed E-state index contributed by atoms with van der Waals surface area (Å²) < 4.78 is 81.6. The second-order valence-corrected chi connectivity index (χ2v) is 10.5. The number of fused-ring (bicyclic) bond motifs is 1. The van der Waals surface area contributed by atoms with Gasteiger partial charge in [0.05, 0.1) is 14.2 Å². The zero-order valence-electron chi connectivity index (χ0n) is 24.9. The van der Waals surface area contributed by atoms with Crippen molar-refractivity contribution in [2.24, 2.45) is 0 Å². The first kappa shape index (κ1) is 38.7. The molecule has 0 fully saturated rings. The van der Waals surface area contributed by atoms with Crippen LogP contribution in [0.25, 0.3) is 22.7 Å². The van der Waals surface area contributed by atoms with E-state index in [0.29, 0.717) is 0 Å². The fourth-order valence-corrected chi connectivity index (χ4v) is 3.92. The summed E-state index contributed by atoms with van der Waals surface area (Å²) in [5, 5.41) is 1.10. The molecule has 1 aromatic carbocycles. The first-order chi connectivity index (χ1) is 22.1. The summed E-state index contributed by atoms with van der Waals surface area (Å²) in [5.74, 6) is -0.643. The molecular formula is C30H29Cl2N3O12. The molecule has 0 saturated carbocycles. The van der Waals surface area contributed by atoms with Gasteiger partial charge in [0.25, 0.3) is 0 Å². The summed E-state index contributed by atoms with van der Waals surface area (Å²) in [6.07, 6.45) is 19.4. The molecule has 0 bridgehead atoms. The van der Waals surface area contributed by atoms with Gasteiger partial charge in [-0.25, -0.2) is 42.1 Å². The molecule has 3 aromatic rings. The zero-order chi connectivity index (χ0) is 35.0. The number of aromatic nitrogens is 2. The van der Waals surface area contributed by atoms with Crippen molar-refractivity contribution in [1.29, 1.82) is 0 Å². The van der Waals surface area contributed by atoms with E-state index < -0.39 is 20.5 Å². The predicted molar refractivity (Wildman–Crippen MR) is 141 cm³/mol. The van der Waals surface area contributed by atoms with Gasteiger partial charge in [-0.15, -0.1) is 20.5 Å². The minimum atomic E-state index is -4.94. The normalized spacial score (nSPS) is 14.0. The van der Waals surface area contributed by atoms with Gasteiger partial charge in [-0.1, -0.05) is 18.2 Å². The SMILES string of the molecule is COC(=O)CN1C=CC=CC1=C/C=C(/C=C/c1cccc[n+]1CC(=O)OC)[n+]1cccc2ccccc21.[O-][Cl+3]([O-])([O-])[O-].[O-][Cl+3]([O-])([O-])[O-]. The Kier molecular flexibility index (Phi) is 15.3. The number of hydrogen-bond donors (Lipinski definition) is 0. The van der Waals surface area contributed by atoms with Crippen LogP contribution in [-0.2, 0) is 25.6 Å². The van der Waals surface area contributed by atoms with Crippen LogP contribution in [0.3, 0.4) is 0 Å². The molecule has 1 aliphatic heterocycles. The molecule has 0 aliphatic carbocycles. The lowest BCUT2D eigenvalue weighted by Gasteiger charge is -2.21. The fourth-order valence-electron chi connectivity index (χ4n) is 3.92. The Hall–Kier alpha value is -4.52. The van der Waals surface area contributed by atoms with E-state index in [4.69, 9.17) is 46.7 Å². The third-order valence-corrected chi connectivity index (χ3v) is 5.84. The number of benzene rings is 1. The highest BCUT2D eigenvalue weighted by atomic mass is 35.7. The van der Waals surface area contributed by atoms with E-state index in [-0.39, 0.29) is 25.0 Å². The van der Waals surface area contributed by atoms with Crippen molar-refractivity contribution in [3.63, 3.8) is 0 Å². The number of ether oxygens (including phenoxy) is 2. The quantitative estimate of drug-likeness (QED) is 0.121. The Morgan fingerprint density at radius 2 is 1.43 bits per heavy atom. The van der Waals surface area contributed by atoms with Gasteiger partial charge in [0.2, 0.25) is 23.5 Å². The second-order valence-electron chi connectivity index (χ2n) is 8.94. The predicted octanol–water partition coefficient (Wildman–Crippen LogP) is -5.93. The first-order valence-corrected chi connectivity index (χ1v) is 15.5. The highest BCUT2D eigenvalue weighted by Crippen LogP contribution is 2.16. The van der Waals surface area contributed by atoms with Gasteiger partial charge in [-0.3, -0.25) is 4.79 Å². The summed E-state index contributed by atoms with van der Waals surface area (Å²) >= 11 is 0. The third-order valence-electron chi connectivity index (χ3n) is 5.84. The summed E-state index contributed by atoms with van der Waals surface area (Å²) in [6, 6.07) is 18.0. The highest BCUT2D eigenvalue weighted by Gasteiger charge is 2.17. The van der Waals surface area contributed by atoms with Crippen LogP contribution in [0.15, 0.2) is 115 Å². The number of carbonyl (C=O) groups is 2. The monoisotopic (exact) mass is 693 g/mol. The standard InChI is InChI=1S/C30H29N3O4.2ClHO4/c1-36-29(34)22-31-19-7-5-12-25(31)15-17-27(33-21-9-11-24-10-3-4-14-28(24)33)18-16-26-13-6-8-20-32(26)23-30(35)37-2;2*2-1(3,4)5/h3-21H,22-23H2,1-2H3;2*(H,2,3,4,5)/q+2;;/p-2. The topological polar surface area (TPSA) is 248 Å². The molecule has 0 N–H and O–H groups in total. The number of nitrogens with zero attached hydrogens (tertiary/aromatic N) is 3. The molecule has 3 heterocycles. The Bertz CT molecular complexity index is 1630. The molecule has 4 rings (SSSR count). The lowest BCUT2D eigenvalue weighted by Crippen LogP contribution is -2.68. The van der Waals surface area contributed by atoms with E-state index >= 15 is 0 Å². The molecule has 17 heteroatoms. The van der Waals surface area contributed by atoms with Gasteiger partial charge in [0.1, 0.15) is 6.54 Å². The smallest absolute Gasteiger partial charge is 0.372 e. The van der Waals surface area contributed by atoms with Crippen LogP contribution in [0.4, 0.5) is 0 Å². The van der Waals surface area contributed by atoms with Crippen LogP contribution in [-0.4, -0.2) is 37.6 Å². The summed E-state index contributed by atoms with van der Waals surface area (Å²) in [5.41, 5.74) is 3.62. The minimum absolute atomic E-state index is 0.112. The number of allylic oxidation sites excluding steroid dienone is 7. The molecule has 1 aliphatic rings. The van der Waals surface area contributed by atoms with Crippen LogP contribution in [0.1, 0.15) is 5.69 Å². The van der Waals surface area contributed by atoms with Gasteiger partial charge in [0, 0.05) is 59.8 Å². The van der Waals surface area contributed by atoms with Crippen molar-refractivity contribution in [3.05, 3.63) is 121 Å². The van der Waals surface area contributed by atoms with E-state index in [1.165, 1.54) is 14.2 Å². The summed E-state index contributed by atoms with van der Waals surface area (Å²) in [7, 11) is -7.13. The number of carbonyl (C=O) groups excluding carboxylic acids is 2. The summed E-state index contributed by atoms with van der Waals surface area (Å²) in [4.78, 5) is 25.6. The molecule has 0 radical (unpaired) electrons. The average molecular weight is 694 g/mol.